The molecule has 0 aliphatic carbocycles. The molecule has 0 fully saturated rings. The molecule has 8 nitrogen and oxygen atoms in total. The molecule has 5 rings (SSSR count). The summed E-state index contributed by atoms with van der Waals surface area (Å²) in [5, 5.41) is 3.98. The molecule has 0 bridgehead atoms. The number of carbonyl (C=O) groups excluding carboxylic acids is 2. The van der Waals surface area contributed by atoms with Crippen LogP contribution in [0.15, 0.2) is 102 Å². The second kappa shape index (κ2) is 11.1. The highest BCUT2D eigenvalue weighted by molar-refractivity contribution is 5.92. The van der Waals surface area contributed by atoms with Crippen molar-refractivity contribution in [2.24, 2.45) is 5.10 Å². The Morgan fingerprint density at radius 3 is 2.57 bits per heavy atom. The van der Waals surface area contributed by atoms with Gasteiger partial charge in [-0.25, -0.2) is 10.2 Å². The van der Waals surface area contributed by atoms with E-state index in [0.29, 0.717) is 34.1 Å². The van der Waals surface area contributed by atoms with Gasteiger partial charge in [-0.2, -0.15) is 5.10 Å². The molecule has 0 spiro atoms. The van der Waals surface area contributed by atoms with Crippen molar-refractivity contribution in [3.05, 3.63) is 108 Å². The predicted molar refractivity (Wildman–Crippen MR) is 137 cm³/mol. The normalized spacial score (nSPS) is 11.8. The van der Waals surface area contributed by atoms with Gasteiger partial charge in [-0.05, 0) is 47.5 Å². The molecule has 1 heterocycles. The fourth-order valence-electron chi connectivity index (χ4n) is 3.65. The SMILES string of the molecule is O=C(COc1ccccc1-c1ccccc1)N/N=C/c1cccc(OC(=O)c2ccc3c(c2)OCO3)c1. The maximum absolute atomic E-state index is 12.5. The van der Waals surface area contributed by atoms with Crippen LogP contribution in [0.2, 0.25) is 0 Å². The number of esters is 1. The van der Waals surface area contributed by atoms with E-state index in [2.05, 4.69) is 10.5 Å². The fourth-order valence-corrected chi connectivity index (χ4v) is 3.65. The number of nitrogens with zero attached hydrogens (tertiary/aromatic N) is 1. The summed E-state index contributed by atoms with van der Waals surface area (Å²) in [6, 6.07) is 28.9. The van der Waals surface area contributed by atoms with Crippen LogP contribution >= 0.6 is 0 Å². The van der Waals surface area contributed by atoms with Gasteiger partial charge in [0, 0.05) is 5.56 Å². The smallest absolute Gasteiger partial charge is 0.343 e. The molecule has 1 aliphatic rings. The van der Waals surface area contributed by atoms with E-state index in [0.717, 1.165) is 11.1 Å². The van der Waals surface area contributed by atoms with Crippen LogP contribution < -0.4 is 24.4 Å². The Morgan fingerprint density at radius 1 is 0.865 bits per heavy atom. The van der Waals surface area contributed by atoms with Crippen molar-refractivity contribution in [2.45, 2.75) is 0 Å². The number of nitrogens with one attached hydrogen (secondary N) is 1. The van der Waals surface area contributed by atoms with Crippen molar-refractivity contribution in [1.82, 2.24) is 5.43 Å². The van der Waals surface area contributed by atoms with E-state index in [-0.39, 0.29) is 13.4 Å². The van der Waals surface area contributed by atoms with Gasteiger partial charge in [-0.3, -0.25) is 4.79 Å². The molecular weight excluding hydrogens is 472 g/mol. The number of rotatable bonds is 8. The van der Waals surface area contributed by atoms with E-state index in [1.807, 2.05) is 54.6 Å². The van der Waals surface area contributed by atoms with E-state index in [1.54, 1.807) is 42.5 Å². The van der Waals surface area contributed by atoms with Gasteiger partial charge in [0.15, 0.2) is 18.1 Å². The molecule has 37 heavy (non-hydrogen) atoms. The average Bonchev–Trinajstić information content (AvgIpc) is 3.41. The third-order valence-electron chi connectivity index (χ3n) is 5.41. The molecule has 0 radical (unpaired) electrons. The molecule has 4 aromatic rings. The summed E-state index contributed by atoms with van der Waals surface area (Å²) in [5.74, 6) is 1.07. The van der Waals surface area contributed by atoms with Gasteiger partial charge in [0.05, 0.1) is 11.8 Å². The van der Waals surface area contributed by atoms with Crippen molar-refractivity contribution < 1.29 is 28.5 Å². The molecule has 184 valence electrons. The van der Waals surface area contributed by atoms with Crippen molar-refractivity contribution in [2.75, 3.05) is 13.4 Å². The number of amides is 1. The van der Waals surface area contributed by atoms with Crippen LogP contribution in [0.1, 0.15) is 15.9 Å². The Bertz CT molecular complexity index is 1450. The minimum atomic E-state index is -0.534. The number of ether oxygens (including phenoxy) is 4. The van der Waals surface area contributed by atoms with E-state index < -0.39 is 11.9 Å². The highest BCUT2D eigenvalue weighted by Crippen LogP contribution is 2.33. The standard InChI is InChI=1S/C29H22N2O6/c32-28(18-34-25-12-5-4-11-24(25)21-8-2-1-3-9-21)31-30-17-20-7-6-10-23(15-20)37-29(33)22-13-14-26-27(16-22)36-19-35-26/h1-17H,18-19H2,(H,31,32)/b30-17+. The van der Waals surface area contributed by atoms with E-state index >= 15 is 0 Å². The van der Waals surface area contributed by atoms with Crippen LogP contribution in [0.5, 0.6) is 23.0 Å². The first-order valence-corrected chi connectivity index (χ1v) is 11.5. The zero-order valence-corrected chi connectivity index (χ0v) is 19.6. The number of hydrazone groups is 1. The summed E-state index contributed by atoms with van der Waals surface area (Å²) in [4.78, 5) is 24.8. The topological polar surface area (TPSA) is 95.5 Å². The Morgan fingerprint density at radius 2 is 1.68 bits per heavy atom. The Labute approximate surface area is 213 Å². The fraction of sp³-hybridized carbons (Fsp3) is 0.0690. The molecule has 0 unspecified atom stereocenters. The minimum Gasteiger partial charge on any atom is -0.483 e. The summed E-state index contributed by atoms with van der Waals surface area (Å²) in [6.45, 7) is -0.0762. The Kier molecular flexibility index (Phi) is 7.08. The molecule has 1 N–H and O–H groups in total. The summed E-state index contributed by atoms with van der Waals surface area (Å²) >= 11 is 0. The molecule has 4 aromatic carbocycles. The molecule has 0 atom stereocenters. The maximum atomic E-state index is 12.5. The molecule has 0 saturated heterocycles. The van der Waals surface area contributed by atoms with Crippen molar-refractivity contribution in [3.63, 3.8) is 0 Å². The van der Waals surface area contributed by atoms with Crippen LogP contribution in [-0.4, -0.2) is 31.5 Å². The second-order valence-corrected chi connectivity index (χ2v) is 7.97. The molecule has 1 amide bonds. The molecule has 0 aromatic heterocycles. The maximum Gasteiger partial charge on any atom is 0.343 e. The van der Waals surface area contributed by atoms with E-state index in [9.17, 15) is 9.59 Å². The quantitative estimate of drug-likeness (QED) is 0.163. The lowest BCUT2D eigenvalue weighted by molar-refractivity contribution is -0.123. The number of para-hydroxylation sites is 1. The van der Waals surface area contributed by atoms with Crippen LogP contribution in [0.25, 0.3) is 11.1 Å². The minimum absolute atomic E-state index is 0.124. The Balaban J connectivity index is 1.15. The number of fused-ring (bicyclic) bond motifs is 1. The van der Waals surface area contributed by atoms with Crippen molar-refractivity contribution in [1.29, 1.82) is 0 Å². The number of hydrogen-bond acceptors (Lipinski definition) is 7. The predicted octanol–water partition coefficient (Wildman–Crippen LogP) is 4.83. The van der Waals surface area contributed by atoms with Crippen LogP contribution in [-0.2, 0) is 4.79 Å². The number of carbonyl (C=O) groups is 2. The van der Waals surface area contributed by atoms with Crippen LogP contribution in [0, 0.1) is 0 Å². The van der Waals surface area contributed by atoms with Crippen molar-refractivity contribution >= 4 is 18.1 Å². The summed E-state index contributed by atoms with van der Waals surface area (Å²) in [7, 11) is 0. The lowest BCUT2D eigenvalue weighted by atomic mass is 10.1. The Hall–Kier alpha value is -5.11. The van der Waals surface area contributed by atoms with Gasteiger partial charge < -0.3 is 18.9 Å². The highest BCUT2D eigenvalue weighted by atomic mass is 16.7. The second-order valence-electron chi connectivity index (χ2n) is 7.97. The van der Waals surface area contributed by atoms with Gasteiger partial charge in [0.2, 0.25) is 6.79 Å². The molecule has 8 heteroatoms. The van der Waals surface area contributed by atoms with Crippen LogP contribution in [0.4, 0.5) is 0 Å². The van der Waals surface area contributed by atoms with E-state index in [4.69, 9.17) is 18.9 Å². The van der Waals surface area contributed by atoms with Gasteiger partial charge in [0.1, 0.15) is 11.5 Å². The first-order valence-electron chi connectivity index (χ1n) is 11.5. The third-order valence-corrected chi connectivity index (χ3v) is 5.41. The third kappa shape index (κ3) is 5.94. The molecule has 1 aliphatic heterocycles. The average molecular weight is 495 g/mol. The van der Waals surface area contributed by atoms with Gasteiger partial charge in [-0.1, -0.05) is 60.7 Å². The first kappa shape index (κ1) is 23.6. The van der Waals surface area contributed by atoms with Gasteiger partial charge in [-0.15, -0.1) is 0 Å². The van der Waals surface area contributed by atoms with Gasteiger partial charge >= 0.3 is 5.97 Å². The highest BCUT2D eigenvalue weighted by Gasteiger charge is 2.17. The van der Waals surface area contributed by atoms with Crippen molar-refractivity contribution in [3.8, 4) is 34.1 Å². The van der Waals surface area contributed by atoms with Gasteiger partial charge in [0.25, 0.3) is 5.91 Å². The molecule has 0 saturated carbocycles. The summed E-state index contributed by atoms with van der Waals surface area (Å²) < 4.78 is 21.7. The monoisotopic (exact) mass is 494 g/mol. The molecular formula is C29H22N2O6. The number of benzene rings is 4. The zero-order chi connectivity index (χ0) is 25.5. The number of hydrogen-bond donors (Lipinski definition) is 1. The zero-order valence-electron chi connectivity index (χ0n) is 19.6. The summed E-state index contributed by atoms with van der Waals surface area (Å²) in [5.41, 5.74) is 5.30. The largest absolute Gasteiger partial charge is 0.483 e. The lowest BCUT2D eigenvalue weighted by Gasteiger charge is -2.10. The summed E-state index contributed by atoms with van der Waals surface area (Å²) in [6.07, 6.45) is 1.45. The van der Waals surface area contributed by atoms with Crippen LogP contribution in [0.3, 0.4) is 0 Å². The van der Waals surface area contributed by atoms with E-state index in [1.165, 1.54) is 6.21 Å². The lowest BCUT2D eigenvalue weighted by Crippen LogP contribution is -2.24. The first-order chi connectivity index (χ1) is 18.2.